The Morgan fingerprint density at radius 1 is 1.00 bits per heavy atom. The molecule has 6 heteroatoms. The van der Waals surface area contributed by atoms with Gasteiger partial charge in [-0.05, 0) is 52.0 Å². The molecule has 2 fully saturated rings. The molecule has 2 aliphatic heterocycles. The molecule has 1 atom stereocenters. The Morgan fingerprint density at radius 3 is 2.31 bits per heavy atom. The highest BCUT2D eigenvalue weighted by atomic mass is 16.6. The standard InChI is InChI=1S/C23H34N2O4/c1-23(2,3)29-22(27)25-13-9-19(17-25)21(26)24-14-10-20(11-15-24)28-16-12-18-7-5-4-6-8-18/h4-8,19-20H,9-17H2,1-3H3. The van der Waals surface area contributed by atoms with Crippen molar-refractivity contribution in [3.63, 3.8) is 0 Å². The predicted octanol–water partition coefficient (Wildman–Crippen LogP) is 3.49. The lowest BCUT2D eigenvalue weighted by molar-refractivity contribution is -0.137. The van der Waals surface area contributed by atoms with Gasteiger partial charge in [-0.15, -0.1) is 0 Å². The summed E-state index contributed by atoms with van der Waals surface area (Å²) in [6, 6.07) is 10.4. The highest BCUT2D eigenvalue weighted by molar-refractivity contribution is 5.80. The number of piperidine rings is 1. The maximum atomic E-state index is 12.9. The maximum Gasteiger partial charge on any atom is 0.410 e. The molecule has 0 N–H and O–H groups in total. The second-order valence-corrected chi connectivity index (χ2v) is 9.04. The zero-order valence-corrected chi connectivity index (χ0v) is 17.9. The molecule has 1 aromatic rings. The molecule has 0 bridgehead atoms. The second kappa shape index (κ2) is 9.61. The molecule has 0 spiro atoms. The molecule has 1 aromatic carbocycles. The minimum Gasteiger partial charge on any atom is -0.444 e. The number of benzene rings is 1. The molecule has 0 aliphatic carbocycles. The van der Waals surface area contributed by atoms with Crippen molar-refractivity contribution in [3.05, 3.63) is 35.9 Å². The van der Waals surface area contributed by atoms with E-state index in [1.54, 1.807) is 4.90 Å². The molecule has 3 rings (SSSR count). The molecule has 0 aromatic heterocycles. The van der Waals surface area contributed by atoms with Gasteiger partial charge in [0, 0.05) is 26.2 Å². The van der Waals surface area contributed by atoms with Crippen molar-refractivity contribution in [1.29, 1.82) is 0 Å². The summed E-state index contributed by atoms with van der Waals surface area (Å²) in [7, 11) is 0. The summed E-state index contributed by atoms with van der Waals surface area (Å²) in [6.45, 7) is 8.80. The minimum atomic E-state index is -0.512. The average Bonchev–Trinajstić information content (AvgIpc) is 3.18. The molecule has 2 heterocycles. The molecule has 1 unspecified atom stereocenters. The number of nitrogens with zero attached hydrogens (tertiary/aromatic N) is 2. The van der Waals surface area contributed by atoms with Crippen molar-refractivity contribution in [2.24, 2.45) is 5.92 Å². The van der Waals surface area contributed by atoms with E-state index in [2.05, 4.69) is 12.1 Å². The van der Waals surface area contributed by atoms with Gasteiger partial charge in [-0.3, -0.25) is 4.79 Å². The summed E-state index contributed by atoms with van der Waals surface area (Å²) in [5, 5.41) is 0. The Kier molecular flexibility index (Phi) is 7.17. The minimum absolute atomic E-state index is 0.113. The van der Waals surface area contributed by atoms with Crippen LogP contribution in [0.15, 0.2) is 30.3 Å². The van der Waals surface area contributed by atoms with Gasteiger partial charge < -0.3 is 19.3 Å². The Labute approximate surface area is 174 Å². The van der Waals surface area contributed by atoms with Crippen LogP contribution in [-0.2, 0) is 20.7 Å². The van der Waals surface area contributed by atoms with E-state index >= 15 is 0 Å². The number of ether oxygens (including phenoxy) is 2. The van der Waals surface area contributed by atoms with Gasteiger partial charge in [0.25, 0.3) is 0 Å². The summed E-state index contributed by atoms with van der Waals surface area (Å²) in [5.74, 6) is 0.0526. The number of likely N-dealkylation sites (tertiary alicyclic amines) is 2. The van der Waals surface area contributed by atoms with Crippen LogP contribution in [0.25, 0.3) is 0 Å². The number of hydrogen-bond donors (Lipinski definition) is 0. The lowest BCUT2D eigenvalue weighted by atomic mass is 10.0. The first-order valence-corrected chi connectivity index (χ1v) is 10.7. The summed E-state index contributed by atoms with van der Waals surface area (Å²) in [5.41, 5.74) is 0.776. The van der Waals surface area contributed by atoms with Crippen LogP contribution in [0.3, 0.4) is 0 Å². The molecule has 0 radical (unpaired) electrons. The predicted molar refractivity (Wildman–Crippen MR) is 112 cm³/mol. The molecule has 29 heavy (non-hydrogen) atoms. The first-order chi connectivity index (χ1) is 13.8. The molecule has 0 saturated carbocycles. The van der Waals surface area contributed by atoms with E-state index in [0.29, 0.717) is 19.5 Å². The fraction of sp³-hybridized carbons (Fsp3) is 0.652. The Hall–Kier alpha value is -2.08. The van der Waals surface area contributed by atoms with E-state index in [9.17, 15) is 9.59 Å². The number of amides is 2. The van der Waals surface area contributed by atoms with Crippen LogP contribution < -0.4 is 0 Å². The van der Waals surface area contributed by atoms with E-state index in [4.69, 9.17) is 9.47 Å². The molecular formula is C23H34N2O4. The van der Waals surface area contributed by atoms with Gasteiger partial charge in [0.2, 0.25) is 5.91 Å². The largest absolute Gasteiger partial charge is 0.444 e. The summed E-state index contributed by atoms with van der Waals surface area (Å²) in [6.07, 6.45) is 3.29. The SMILES string of the molecule is CC(C)(C)OC(=O)N1CCC(C(=O)N2CCC(OCCc3ccccc3)CC2)C1. The first-order valence-electron chi connectivity index (χ1n) is 10.7. The maximum absolute atomic E-state index is 12.9. The third-order valence-electron chi connectivity index (χ3n) is 5.53. The Bertz CT molecular complexity index is 678. The van der Waals surface area contributed by atoms with Gasteiger partial charge in [-0.25, -0.2) is 4.79 Å². The summed E-state index contributed by atoms with van der Waals surface area (Å²) < 4.78 is 11.5. The smallest absolute Gasteiger partial charge is 0.410 e. The van der Waals surface area contributed by atoms with Gasteiger partial charge in [0.1, 0.15) is 5.60 Å². The zero-order chi connectivity index (χ0) is 20.9. The Morgan fingerprint density at radius 2 is 1.66 bits per heavy atom. The molecule has 160 valence electrons. The van der Waals surface area contributed by atoms with Crippen molar-refractivity contribution < 1.29 is 19.1 Å². The van der Waals surface area contributed by atoms with Gasteiger partial charge in [0.15, 0.2) is 0 Å². The van der Waals surface area contributed by atoms with Crippen LogP contribution in [0.4, 0.5) is 4.79 Å². The quantitative estimate of drug-likeness (QED) is 0.756. The molecule has 6 nitrogen and oxygen atoms in total. The van der Waals surface area contributed by atoms with E-state index in [1.807, 2.05) is 43.9 Å². The zero-order valence-electron chi connectivity index (χ0n) is 17.9. The first kappa shape index (κ1) is 21.6. The third-order valence-corrected chi connectivity index (χ3v) is 5.53. The average molecular weight is 403 g/mol. The number of hydrogen-bond acceptors (Lipinski definition) is 4. The summed E-state index contributed by atoms with van der Waals surface area (Å²) >= 11 is 0. The van der Waals surface area contributed by atoms with E-state index in [-0.39, 0.29) is 24.0 Å². The lowest BCUT2D eigenvalue weighted by Crippen LogP contribution is -2.44. The fourth-order valence-corrected chi connectivity index (χ4v) is 3.94. The van der Waals surface area contributed by atoms with Gasteiger partial charge in [-0.1, -0.05) is 30.3 Å². The highest BCUT2D eigenvalue weighted by Gasteiger charge is 2.36. The van der Waals surface area contributed by atoms with Gasteiger partial charge in [0.05, 0.1) is 18.6 Å². The van der Waals surface area contributed by atoms with Crippen LogP contribution in [-0.4, -0.2) is 66.3 Å². The van der Waals surface area contributed by atoms with Crippen molar-refractivity contribution in [3.8, 4) is 0 Å². The van der Waals surface area contributed by atoms with Crippen molar-refractivity contribution in [1.82, 2.24) is 9.80 Å². The van der Waals surface area contributed by atoms with Gasteiger partial charge in [-0.2, -0.15) is 0 Å². The van der Waals surface area contributed by atoms with E-state index < -0.39 is 5.60 Å². The van der Waals surface area contributed by atoms with Crippen molar-refractivity contribution in [2.45, 2.75) is 58.2 Å². The van der Waals surface area contributed by atoms with Crippen molar-refractivity contribution >= 4 is 12.0 Å². The van der Waals surface area contributed by atoms with Crippen LogP contribution in [0.2, 0.25) is 0 Å². The number of rotatable bonds is 5. The molecule has 2 amide bonds. The normalized spacial score (nSPS) is 20.7. The topological polar surface area (TPSA) is 59.1 Å². The van der Waals surface area contributed by atoms with E-state index in [0.717, 1.165) is 39.0 Å². The van der Waals surface area contributed by atoms with Crippen molar-refractivity contribution in [2.75, 3.05) is 32.8 Å². The second-order valence-electron chi connectivity index (χ2n) is 9.04. The highest BCUT2D eigenvalue weighted by Crippen LogP contribution is 2.23. The monoisotopic (exact) mass is 402 g/mol. The Balaban J connectivity index is 1.37. The summed E-state index contributed by atoms with van der Waals surface area (Å²) in [4.78, 5) is 28.7. The number of carbonyl (C=O) groups is 2. The van der Waals surface area contributed by atoms with Crippen LogP contribution in [0, 0.1) is 5.92 Å². The van der Waals surface area contributed by atoms with Crippen LogP contribution in [0.5, 0.6) is 0 Å². The fourth-order valence-electron chi connectivity index (χ4n) is 3.94. The lowest BCUT2D eigenvalue weighted by Gasteiger charge is -2.33. The molecule has 2 saturated heterocycles. The van der Waals surface area contributed by atoms with Crippen LogP contribution >= 0.6 is 0 Å². The van der Waals surface area contributed by atoms with Gasteiger partial charge >= 0.3 is 6.09 Å². The number of carbonyl (C=O) groups excluding carboxylic acids is 2. The van der Waals surface area contributed by atoms with Crippen LogP contribution in [0.1, 0.15) is 45.6 Å². The van der Waals surface area contributed by atoms with E-state index in [1.165, 1.54) is 5.56 Å². The third kappa shape index (κ3) is 6.46. The molecular weight excluding hydrogens is 368 g/mol. The molecule has 2 aliphatic rings.